The topological polar surface area (TPSA) is 68.2 Å². The molecule has 1 aromatic rings. The standard InChI is InChI=1S/C15H20ClNO5/c1-20-12-4-3-10(13(16)14(12)21-2)7-17-5-6-22-9-11(8-17)15(18)19/h3-4,11H,5-9H2,1-2H3,(H,18,19). The third kappa shape index (κ3) is 3.82. The zero-order valence-corrected chi connectivity index (χ0v) is 13.4. The fourth-order valence-corrected chi connectivity index (χ4v) is 2.75. The number of rotatable bonds is 5. The van der Waals surface area contributed by atoms with Gasteiger partial charge in [0.25, 0.3) is 0 Å². The normalized spacial score (nSPS) is 19.5. The summed E-state index contributed by atoms with van der Waals surface area (Å²) in [7, 11) is 3.09. The van der Waals surface area contributed by atoms with E-state index in [0.717, 1.165) is 5.56 Å². The second kappa shape index (κ2) is 7.67. The number of halogens is 1. The molecule has 1 heterocycles. The summed E-state index contributed by atoms with van der Waals surface area (Å²) in [6, 6.07) is 3.66. The van der Waals surface area contributed by atoms with Crippen molar-refractivity contribution in [2.24, 2.45) is 5.92 Å². The SMILES string of the molecule is COc1ccc(CN2CCOCC(C(=O)O)C2)c(Cl)c1OC. The number of carbonyl (C=O) groups is 1. The summed E-state index contributed by atoms with van der Waals surface area (Å²) in [5, 5.41) is 9.67. The van der Waals surface area contributed by atoms with E-state index in [9.17, 15) is 9.90 Å². The van der Waals surface area contributed by atoms with E-state index in [4.69, 9.17) is 25.8 Å². The molecule has 6 nitrogen and oxygen atoms in total. The molecular weight excluding hydrogens is 310 g/mol. The number of ether oxygens (including phenoxy) is 3. The lowest BCUT2D eigenvalue weighted by Crippen LogP contribution is -2.33. The van der Waals surface area contributed by atoms with Crippen LogP contribution in [0.1, 0.15) is 5.56 Å². The number of benzene rings is 1. The van der Waals surface area contributed by atoms with Crippen molar-refractivity contribution in [3.63, 3.8) is 0 Å². The van der Waals surface area contributed by atoms with E-state index in [1.54, 1.807) is 13.2 Å². The molecule has 1 atom stereocenters. The molecule has 0 aliphatic carbocycles. The summed E-state index contributed by atoms with van der Waals surface area (Å²) in [6.45, 7) is 2.38. The van der Waals surface area contributed by atoms with Gasteiger partial charge in [-0.25, -0.2) is 0 Å². The van der Waals surface area contributed by atoms with Gasteiger partial charge in [0.2, 0.25) is 0 Å². The third-order valence-electron chi connectivity index (χ3n) is 3.66. The van der Waals surface area contributed by atoms with Crippen molar-refractivity contribution >= 4 is 17.6 Å². The number of hydrogen-bond acceptors (Lipinski definition) is 5. The van der Waals surface area contributed by atoms with Crippen molar-refractivity contribution in [3.05, 3.63) is 22.7 Å². The predicted molar refractivity (Wildman–Crippen MR) is 81.8 cm³/mol. The summed E-state index contributed by atoms with van der Waals surface area (Å²) < 4.78 is 15.8. The van der Waals surface area contributed by atoms with E-state index >= 15 is 0 Å². The Balaban J connectivity index is 2.17. The van der Waals surface area contributed by atoms with Gasteiger partial charge >= 0.3 is 5.97 Å². The molecule has 1 aliphatic heterocycles. The minimum Gasteiger partial charge on any atom is -0.493 e. The number of methoxy groups -OCH3 is 2. The molecule has 122 valence electrons. The fourth-order valence-electron chi connectivity index (χ4n) is 2.46. The van der Waals surface area contributed by atoms with Gasteiger partial charge in [-0.1, -0.05) is 17.7 Å². The molecule has 1 aliphatic rings. The summed E-state index contributed by atoms with van der Waals surface area (Å²) in [6.07, 6.45) is 0. The molecule has 0 aromatic heterocycles. The zero-order valence-electron chi connectivity index (χ0n) is 12.7. The van der Waals surface area contributed by atoms with Gasteiger partial charge in [0.1, 0.15) is 0 Å². The number of carboxylic acids is 1. The molecule has 0 amide bonds. The summed E-state index contributed by atoms with van der Waals surface area (Å²) in [5.41, 5.74) is 0.866. The lowest BCUT2D eigenvalue weighted by Gasteiger charge is -2.23. The minimum atomic E-state index is -0.842. The Morgan fingerprint density at radius 2 is 2.23 bits per heavy atom. The third-order valence-corrected chi connectivity index (χ3v) is 4.07. The lowest BCUT2D eigenvalue weighted by molar-refractivity contribution is -0.143. The van der Waals surface area contributed by atoms with E-state index in [-0.39, 0.29) is 6.61 Å². The first kappa shape index (κ1) is 16.9. The summed E-state index contributed by atoms with van der Waals surface area (Å²) in [5.74, 6) is -0.312. The van der Waals surface area contributed by atoms with Crippen molar-refractivity contribution in [2.75, 3.05) is 40.5 Å². The quantitative estimate of drug-likeness (QED) is 0.889. The Morgan fingerprint density at radius 1 is 1.45 bits per heavy atom. The van der Waals surface area contributed by atoms with Crippen LogP contribution in [0, 0.1) is 5.92 Å². The Hall–Kier alpha value is -1.50. The van der Waals surface area contributed by atoms with Crippen molar-refractivity contribution in [2.45, 2.75) is 6.54 Å². The Kier molecular flexibility index (Phi) is 5.88. The number of hydrogen-bond donors (Lipinski definition) is 1. The van der Waals surface area contributed by atoms with Gasteiger partial charge in [-0.15, -0.1) is 0 Å². The molecule has 7 heteroatoms. The minimum absolute atomic E-state index is 0.242. The highest BCUT2D eigenvalue weighted by molar-refractivity contribution is 6.33. The zero-order chi connectivity index (χ0) is 16.1. The molecule has 1 unspecified atom stereocenters. The average molecular weight is 330 g/mol. The molecule has 1 fully saturated rings. The second-order valence-corrected chi connectivity index (χ2v) is 5.50. The maximum Gasteiger partial charge on any atom is 0.310 e. The van der Waals surface area contributed by atoms with Gasteiger partial charge in [-0.3, -0.25) is 9.69 Å². The molecule has 0 saturated carbocycles. The van der Waals surface area contributed by atoms with E-state index in [1.165, 1.54) is 7.11 Å². The highest BCUT2D eigenvalue weighted by Crippen LogP contribution is 2.37. The largest absolute Gasteiger partial charge is 0.493 e. The molecule has 1 N–H and O–H groups in total. The fraction of sp³-hybridized carbons (Fsp3) is 0.533. The second-order valence-electron chi connectivity index (χ2n) is 5.12. The molecular formula is C15H20ClNO5. The smallest absolute Gasteiger partial charge is 0.310 e. The van der Waals surface area contributed by atoms with Gasteiger partial charge in [0, 0.05) is 19.6 Å². The molecule has 0 bridgehead atoms. The van der Waals surface area contributed by atoms with Gasteiger partial charge in [-0.05, 0) is 11.6 Å². The Labute approximate surface area is 134 Å². The van der Waals surface area contributed by atoms with E-state index < -0.39 is 11.9 Å². The van der Waals surface area contributed by atoms with Crippen LogP contribution in [0.3, 0.4) is 0 Å². The molecule has 2 rings (SSSR count). The summed E-state index contributed by atoms with van der Waals surface area (Å²) in [4.78, 5) is 13.2. The van der Waals surface area contributed by atoms with Crippen molar-refractivity contribution in [1.82, 2.24) is 4.90 Å². The number of carboxylic acid groups (broad SMARTS) is 1. The molecule has 1 saturated heterocycles. The highest BCUT2D eigenvalue weighted by Gasteiger charge is 2.25. The van der Waals surface area contributed by atoms with Crippen molar-refractivity contribution < 1.29 is 24.1 Å². The Bertz CT molecular complexity index is 537. The van der Waals surface area contributed by atoms with Crippen molar-refractivity contribution in [1.29, 1.82) is 0 Å². The first-order valence-corrected chi connectivity index (χ1v) is 7.36. The first-order valence-electron chi connectivity index (χ1n) is 6.99. The van der Waals surface area contributed by atoms with Gasteiger partial charge < -0.3 is 19.3 Å². The Morgan fingerprint density at radius 3 is 2.86 bits per heavy atom. The summed E-state index contributed by atoms with van der Waals surface area (Å²) >= 11 is 6.37. The maximum absolute atomic E-state index is 11.2. The van der Waals surface area contributed by atoms with Gasteiger partial charge in [0.15, 0.2) is 11.5 Å². The van der Waals surface area contributed by atoms with Gasteiger partial charge in [0.05, 0.1) is 38.4 Å². The monoisotopic (exact) mass is 329 g/mol. The van der Waals surface area contributed by atoms with Crippen LogP contribution >= 0.6 is 11.6 Å². The van der Waals surface area contributed by atoms with E-state index in [1.807, 2.05) is 11.0 Å². The molecule has 0 spiro atoms. The van der Waals surface area contributed by atoms with E-state index in [2.05, 4.69) is 0 Å². The van der Waals surface area contributed by atoms with Gasteiger partial charge in [-0.2, -0.15) is 0 Å². The number of nitrogens with zero attached hydrogens (tertiary/aromatic N) is 1. The van der Waals surface area contributed by atoms with Crippen LogP contribution in [0.25, 0.3) is 0 Å². The average Bonchev–Trinajstić information content (AvgIpc) is 2.74. The number of aliphatic carboxylic acids is 1. The predicted octanol–water partition coefficient (Wildman–Crippen LogP) is 1.89. The van der Waals surface area contributed by atoms with Crippen LogP contribution in [-0.4, -0.2) is 56.5 Å². The van der Waals surface area contributed by atoms with Crippen LogP contribution in [0.5, 0.6) is 11.5 Å². The first-order chi connectivity index (χ1) is 10.6. The molecule has 22 heavy (non-hydrogen) atoms. The van der Waals surface area contributed by atoms with Crippen LogP contribution in [0.2, 0.25) is 5.02 Å². The van der Waals surface area contributed by atoms with E-state index in [0.29, 0.717) is 42.8 Å². The van der Waals surface area contributed by atoms with Crippen LogP contribution < -0.4 is 9.47 Å². The van der Waals surface area contributed by atoms with Crippen molar-refractivity contribution in [3.8, 4) is 11.5 Å². The van der Waals surface area contributed by atoms with Crippen LogP contribution in [0.15, 0.2) is 12.1 Å². The lowest BCUT2D eigenvalue weighted by atomic mass is 10.1. The highest BCUT2D eigenvalue weighted by atomic mass is 35.5. The van der Waals surface area contributed by atoms with Crippen LogP contribution in [0.4, 0.5) is 0 Å². The molecule has 0 radical (unpaired) electrons. The molecule has 1 aromatic carbocycles. The van der Waals surface area contributed by atoms with Crippen LogP contribution in [-0.2, 0) is 16.1 Å². The maximum atomic E-state index is 11.2.